The molecular formula is C46H50N4O9S. The minimum absolute atomic E-state index is 0.0428. The van der Waals surface area contributed by atoms with Crippen LogP contribution >= 0.6 is 0 Å². The van der Waals surface area contributed by atoms with Gasteiger partial charge in [0.25, 0.3) is 0 Å². The van der Waals surface area contributed by atoms with Crippen LogP contribution in [0.4, 0.5) is 0 Å². The minimum atomic E-state index is -4.16. The molecule has 1 aliphatic rings. The summed E-state index contributed by atoms with van der Waals surface area (Å²) in [4.78, 5) is 13.2. The Morgan fingerprint density at radius 2 is 1.65 bits per heavy atom. The van der Waals surface area contributed by atoms with Crippen LogP contribution in [0.2, 0.25) is 0 Å². The Labute approximate surface area is 351 Å². The first-order chi connectivity index (χ1) is 29.1. The lowest BCUT2D eigenvalue weighted by molar-refractivity contribution is -0.143. The van der Waals surface area contributed by atoms with Crippen molar-refractivity contribution in [2.45, 2.75) is 71.9 Å². The molecule has 0 N–H and O–H groups in total. The van der Waals surface area contributed by atoms with Crippen molar-refractivity contribution in [3.8, 4) is 23.0 Å². The fourth-order valence-corrected chi connectivity index (χ4v) is 8.48. The van der Waals surface area contributed by atoms with Crippen LogP contribution in [0.1, 0.15) is 71.0 Å². The van der Waals surface area contributed by atoms with E-state index in [2.05, 4.69) is 10.3 Å². The predicted molar refractivity (Wildman–Crippen MR) is 226 cm³/mol. The van der Waals surface area contributed by atoms with Gasteiger partial charge in [0.05, 0.1) is 39.4 Å². The zero-order valence-corrected chi connectivity index (χ0v) is 35.2. The van der Waals surface area contributed by atoms with Crippen LogP contribution in [-0.4, -0.2) is 61.1 Å². The molecule has 0 amide bonds. The standard InChI is InChI=1S/C46H50N4O9S/c1-5-57-45(51)27-41(40-19-20-42-46(32(40)2)47-48-50(42)23-9-10-24-56-30-34-13-16-38(54-3)17-14-34)35-15-21-43(55-4)36(25-35)28-49-29-37-26-39(18-22-44(37)59-60(49,52)53)58-31-33-11-7-6-8-12-33/h6-8,11-22,25-26,41H,5,9-10,23-24,27-31H2,1-4H3. The van der Waals surface area contributed by atoms with Gasteiger partial charge in [-0.2, -0.15) is 12.7 Å². The van der Waals surface area contributed by atoms with Gasteiger partial charge >= 0.3 is 16.3 Å². The van der Waals surface area contributed by atoms with Crippen LogP contribution < -0.4 is 18.4 Å². The average Bonchev–Trinajstić information content (AvgIpc) is 3.68. The highest BCUT2D eigenvalue weighted by molar-refractivity contribution is 7.84. The summed E-state index contributed by atoms with van der Waals surface area (Å²) in [6, 6.07) is 32.4. The number of carbonyl (C=O) groups is 1. The lowest BCUT2D eigenvalue weighted by Gasteiger charge is -2.29. The first kappa shape index (κ1) is 42.2. The van der Waals surface area contributed by atoms with E-state index in [4.69, 9.17) is 27.9 Å². The van der Waals surface area contributed by atoms with Gasteiger partial charge in [-0.1, -0.05) is 65.9 Å². The van der Waals surface area contributed by atoms with Crippen molar-refractivity contribution < 1.29 is 41.1 Å². The first-order valence-corrected chi connectivity index (χ1v) is 21.4. The Morgan fingerprint density at radius 3 is 2.42 bits per heavy atom. The number of unbranched alkanes of at least 4 members (excludes halogenated alkanes) is 1. The second-order valence-corrected chi connectivity index (χ2v) is 16.1. The minimum Gasteiger partial charge on any atom is -0.497 e. The van der Waals surface area contributed by atoms with Gasteiger partial charge in [-0.15, -0.1) is 5.10 Å². The van der Waals surface area contributed by atoms with Crippen molar-refractivity contribution in [1.82, 2.24) is 19.3 Å². The molecule has 0 radical (unpaired) electrons. The van der Waals surface area contributed by atoms with Gasteiger partial charge in [0.15, 0.2) is 0 Å². The molecule has 14 heteroatoms. The Hall–Kier alpha value is -5.96. The van der Waals surface area contributed by atoms with Crippen molar-refractivity contribution in [2.24, 2.45) is 0 Å². The maximum absolute atomic E-state index is 13.5. The summed E-state index contributed by atoms with van der Waals surface area (Å²) in [5.74, 6) is 1.37. The molecule has 0 aliphatic carbocycles. The number of rotatable bonds is 19. The molecular weight excluding hydrogens is 785 g/mol. The third kappa shape index (κ3) is 10.1. The molecule has 0 bridgehead atoms. The molecule has 7 rings (SSSR count). The Kier molecular flexibility index (Phi) is 13.6. The number of fused-ring (bicyclic) bond motifs is 2. The highest BCUT2D eigenvalue weighted by atomic mass is 32.2. The van der Waals surface area contributed by atoms with Gasteiger partial charge in [0, 0.05) is 43.3 Å². The van der Waals surface area contributed by atoms with Crippen LogP contribution in [-0.2, 0) is 57.4 Å². The third-order valence-corrected chi connectivity index (χ3v) is 11.8. The molecule has 6 aromatic rings. The zero-order chi connectivity index (χ0) is 42.1. The first-order valence-electron chi connectivity index (χ1n) is 20.0. The van der Waals surface area contributed by atoms with Crippen LogP contribution in [0.15, 0.2) is 103 Å². The molecule has 314 valence electrons. The van der Waals surface area contributed by atoms with Crippen LogP contribution in [0, 0.1) is 6.92 Å². The normalized spacial score (nSPS) is 13.9. The van der Waals surface area contributed by atoms with Crippen LogP contribution in [0.25, 0.3) is 11.0 Å². The van der Waals surface area contributed by atoms with Crippen LogP contribution in [0.5, 0.6) is 23.0 Å². The second-order valence-electron chi connectivity index (χ2n) is 14.6. The molecule has 0 fully saturated rings. The number of hydrogen-bond acceptors (Lipinski definition) is 11. The number of esters is 1. The molecule has 0 saturated heterocycles. The quantitative estimate of drug-likeness (QED) is 0.0578. The van der Waals surface area contributed by atoms with E-state index in [1.807, 2.05) is 90.5 Å². The number of benzene rings is 5. The number of nitrogens with zero attached hydrogens (tertiary/aromatic N) is 4. The summed E-state index contributed by atoms with van der Waals surface area (Å²) < 4.78 is 64.0. The SMILES string of the molecule is CCOC(=O)CC(c1ccc(OC)c(CN2Cc3cc(OCc4ccccc4)ccc3OS2(=O)=O)c1)c1ccc2c(nnn2CCCCOCc2ccc(OC)cc2)c1C. The smallest absolute Gasteiger partial charge is 0.385 e. The van der Waals surface area contributed by atoms with E-state index in [1.165, 1.54) is 4.31 Å². The molecule has 1 unspecified atom stereocenters. The number of aromatic nitrogens is 3. The van der Waals surface area contributed by atoms with Crippen molar-refractivity contribution >= 4 is 27.3 Å². The maximum Gasteiger partial charge on any atom is 0.385 e. The van der Waals surface area contributed by atoms with E-state index in [-0.39, 0.29) is 37.8 Å². The summed E-state index contributed by atoms with van der Waals surface area (Å²) in [7, 11) is -0.970. The number of ether oxygens (including phenoxy) is 5. The maximum atomic E-state index is 13.5. The number of methoxy groups -OCH3 is 2. The number of carbonyl (C=O) groups excluding carboxylic acids is 1. The van der Waals surface area contributed by atoms with Crippen LogP contribution in [0.3, 0.4) is 0 Å². The fraction of sp³-hybridized carbons (Fsp3) is 0.326. The second kappa shape index (κ2) is 19.4. The molecule has 1 aliphatic heterocycles. The summed E-state index contributed by atoms with van der Waals surface area (Å²) in [6.07, 6.45) is 1.77. The van der Waals surface area contributed by atoms with Crippen molar-refractivity contribution in [3.63, 3.8) is 0 Å². The monoisotopic (exact) mass is 834 g/mol. The van der Waals surface area contributed by atoms with E-state index in [1.54, 1.807) is 45.4 Å². The molecule has 0 saturated carbocycles. The Morgan fingerprint density at radius 1 is 0.867 bits per heavy atom. The Balaban J connectivity index is 1.08. The van der Waals surface area contributed by atoms with Crippen molar-refractivity contribution in [2.75, 3.05) is 27.4 Å². The van der Waals surface area contributed by atoms with E-state index in [9.17, 15) is 13.2 Å². The fourth-order valence-electron chi connectivity index (χ4n) is 7.39. The van der Waals surface area contributed by atoms with Gasteiger partial charge in [0.1, 0.15) is 35.1 Å². The largest absolute Gasteiger partial charge is 0.497 e. The van der Waals surface area contributed by atoms with Gasteiger partial charge < -0.3 is 27.9 Å². The van der Waals surface area contributed by atoms with Gasteiger partial charge in [-0.3, -0.25) is 4.79 Å². The lowest BCUT2D eigenvalue weighted by atomic mass is 9.84. The van der Waals surface area contributed by atoms with Gasteiger partial charge in [0.2, 0.25) is 0 Å². The molecule has 60 heavy (non-hydrogen) atoms. The van der Waals surface area contributed by atoms with Crippen molar-refractivity contribution in [3.05, 3.63) is 142 Å². The molecule has 1 aromatic heterocycles. The molecule has 2 heterocycles. The summed E-state index contributed by atoms with van der Waals surface area (Å²) >= 11 is 0. The third-order valence-electron chi connectivity index (χ3n) is 10.6. The Bertz CT molecular complexity index is 2510. The molecule has 5 aromatic carbocycles. The van der Waals surface area contributed by atoms with E-state index >= 15 is 0 Å². The number of hydrogen-bond donors (Lipinski definition) is 0. The summed E-state index contributed by atoms with van der Waals surface area (Å²) in [5.41, 5.74) is 7.58. The summed E-state index contributed by atoms with van der Waals surface area (Å²) in [6.45, 7) is 6.21. The highest BCUT2D eigenvalue weighted by Gasteiger charge is 2.33. The molecule has 13 nitrogen and oxygen atoms in total. The highest BCUT2D eigenvalue weighted by Crippen LogP contribution is 2.38. The topological polar surface area (TPSA) is 141 Å². The van der Waals surface area contributed by atoms with E-state index < -0.39 is 16.2 Å². The average molecular weight is 835 g/mol. The molecule has 0 spiro atoms. The molecule has 1 atom stereocenters. The summed E-state index contributed by atoms with van der Waals surface area (Å²) in [5, 5.41) is 9.05. The van der Waals surface area contributed by atoms with Gasteiger partial charge in [-0.25, -0.2) is 4.68 Å². The lowest BCUT2D eigenvalue weighted by Crippen LogP contribution is -2.37. The van der Waals surface area contributed by atoms with Crippen molar-refractivity contribution in [1.29, 1.82) is 0 Å². The van der Waals surface area contributed by atoms with Gasteiger partial charge in [-0.05, 0) is 97.0 Å². The zero-order valence-electron chi connectivity index (χ0n) is 34.3. The predicted octanol–water partition coefficient (Wildman–Crippen LogP) is 8.06. The van der Waals surface area contributed by atoms with E-state index in [0.29, 0.717) is 49.0 Å². The number of aryl methyl sites for hydroxylation is 2. The van der Waals surface area contributed by atoms with E-state index in [0.717, 1.165) is 57.4 Å².